The zero-order valence-corrected chi connectivity index (χ0v) is 17.0. The minimum atomic E-state index is -1.82. The first-order chi connectivity index (χ1) is 9.74. The van der Waals surface area contributed by atoms with Crippen LogP contribution in [0.2, 0.25) is 18.1 Å². The molecule has 1 saturated heterocycles. The van der Waals surface area contributed by atoms with Crippen molar-refractivity contribution in [2.45, 2.75) is 78.7 Å². The molecule has 0 bridgehead atoms. The van der Waals surface area contributed by atoms with Gasteiger partial charge in [-0.25, -0.2) is 0 Å². The van der Waals surface area contributed by atoms with Crippen LogP contribution in [0.4, 0.5) is 0 Å². The largest absolute Gasteiger partial charge is 0.411 e. The molecule has 5 heteroatoms. The Hall–Kier alpha value is -0.393. The van der Waals surface area contributed by atoms with E-state index in [-0.39, 0.29) is 22.5 Å². The summed E-state index contributed by atoms with van der Waals surface area (Å²) in [4.78, 5) is 14.3. The third-order valence-electron chi connectivity index (χ3n) is 5.38. The number of amides is 1. The number of carbonyl (C=O) groups is 1. The topological polar surface area (TPSA) is 41.6 Å². The molecule has 2 atom stereocenters. The smallest absolute Gasteiger partial charge is 0.234 e. The molecule has 0 aliphatic carbocycles. The third kappa shape index (κ3) is 5.07. The monoisotopic (exact) mass is 328 g/mol. The first-order valence-corrected chi connectivity index (χ1v) is 11.3. The molecule has 22 heavy (non-hydrogen) atoms. The number of hydrogen-bond acceptors (Lipinski definition) is 3. The van der Waals surface area contributed by atoms with Gasteiger partial charge in [-0.1, -0.05) is 41.5 Å². The molecule has 0 radical (unpaired) electrons. The highest BCUT2D eigenvalue weighted by Crippen LogP contribution is 2.37. The first-order valence-electron chi connectivity index (χ1n) is 8.42. The van der Waals surface area contributed by atoms with E-state index in [0.717, 1.165) is 6.54 Å². The van der Waals surface area contributed by atoms with Gasteiger partial charge in [0.25, 0.3) is 0 Å². The van der Waals surface area contributed by atoms with Crippen molar-refractivity contribution in [2.75, 3.05) is 19.6 Å². The lowest BCUT2D eigenvalue weighted by Crippen LogP contribution is -2.50. The Morgan fingerprint density at radius 2 is 1.77 bits per heavy atom. The molecular formula is C17H36N2O2Si. The molecule has 1 aliphatic rings. The third-order valence-corrected chi connectivity index (χ3v) is 9.92. The van der Waals surface area contributed by atoms with Crippen LogP contribution in [0.3, 0.4) is 0 Å². The van der Waals surface area contributed by atoms with Gasteiger partial charge in [-0.05, 0) is 30.5 Å². The first kappa shape index (κ1) is 19.7. The van der Waals surface area contributed by atoms with Gasteiger partial charge in [0.2, 0.25) is 5.91 Å². The Balaban J connectivity index is 2.87. The maximum absolute atomic E-state index is 12.0. The number of rotatable bonds is 3. The van der Waals surface area contributed by atoms with Crippen LogP contribution in [-0.2, 0) is 9.22 Å². The number of nitrogens with zero attached hydrogens (tertiary/aromatic N) is 1. The average molecular weight is 329 g/mol. The summed E-state index contributed by atoms with van der Waals surface area (Å²) in [5.74, 6) is 0.109. The van der Waals surface area contributed by atoms with Crippen molar-refractivity contribution < 1.29 is 9.22 Å². The summed E-state index contributed by atoms with van der Waals surface area (Å²) in [5, 5.41) is 3.21. The van der Waals surface area contributed by atoms with Crippen LogP contribution in [0.5, 0.6) is 0 Å². The molecule has 1 N–H and O–H groups in total. The second kappa shape index (κ2) is 6.61. The van der Waals surface area contributed by atoms with Crippen LogP contribution in [0, 0.1) is 5.41 Å². The van der Waals surface area contributed by atoms with Crippen molar-refractivity contribution in [1.82, 2.24) is 10.2 Å². The average Bonchev–Trinajstić information content (AvgIpc) is 2.47. The fraction of sp³-hybridized carbons (Fsp3) is 0.941. The predicted molar refractivity (Wildman–Crippen MR) is 95.6 cm³/mol. The van der Waals surface area contributed by atoms with Crippen molar-refractivity contribution in [3.63, 3.8) is 0 Å². The molecule has 1 amide bonds. The molecule has 0 spiro atoms. The molecular weight excluding hydrogens is 292 g/mol. The molecule has 0 saturated carbocycles. The number of hydrogen-bond donors (Lipinski definition) is 1. The van der Waals surface area contributed by atoms with E-state index in [2.05, 4.69) is 71.8 Å². The van der Waals surface area contributed by atoms with Gasteiger partial charge >= 0.3 is 0 Å². The van der Waals surface area contributed by atoms with Crippen LogP contribution >= 0.6 is 0 Å². The molecule has 1 heterocycles. The highest BCUT2D eigenvalue weighted by atomic mass is 28.4. The zero-order chi connectivity index (χ0) is 17.3. The van der Waals surface area contributed by atoms with Crippen LogP contribution in [0.15, 0.2) is 0 Å². The Morgan fingerprint density at radius 1 is 1.23 bits per heavy atom. The summed E-state index contributed by atoms with van der Waals surface area (Å²) < 4.78 is 6.55. The molecule has 1 unspecified atom stereocenters. The van der Waals surface area contributed by atoms with Crippen LogP contribution in [-0.4, -0.2) is 50.9 Å². The van der Waals surface area contributed by atoms with E-state index in [0.29, 0.717) is 19.1 Å². The Labute approximate surface area is 138 Å². The lowest BCUT2D eigenvalue weighted by Gasteiger charge is -2.42. The van der Waals surface area contributed by atoms with Crippen LogP contribution < -0.4 is 5.32 Å². The normalized spacial score (nSPS) is 23.9. The summed E-state index contributed by atoms with van der Waals surface area (Å²) in [6, 6.07) is 0.335. The van der Waals surface area contributed by atoms with E-state index in [1.807, 2.05) is 0 Å². The second-order valence-corrected chi connectivity index (χ2v) is 14.0. The van der Waals surface area contributed by atoms with E-state index in [1.165, 1.54) is 0 Å². The molecule has 1 rings (SSSR count). The highest BCUT2D eigenvalue weighted by Gasteiger charge is 2.41. The van der Waals surface area contributed by atoms with E-state index in [9.17, 15) is 4.79 Å². The highest BCUT2D eigenvalue weighted by molar-refractivity contribution is 6.74. The summed E-state index contributed by atoms with van der Waals surface area (Å²) in [6.07, 6.45) is 0.0807. The molecule has 1 aliphatic heterocycles. The van der Waals surface area contributed by atoms with Crippen LogP contribution in [0.1, 0.15) is 48.5 Å². The van der Waals surface area contributed by atoms with E-state index in [4.69, 9.17) is 4.43 Å². The molecule has 0 aromatic rings. The Morgan fingerprint density at radius 3 is 2.23 bits per heavy atom. The quantitative estimate of drug-likeness (QED) is 0.809. The number of nitrogens with one attached hydrogen (secondary N) is 1. The maximum atomic E-state index is 12.0. The number of carbonyl (C=O) groups excluding carboxylic acids is 1. The Kier molecular flexibility index (Phi) is 5.91. The van der Waals surface area contributed by atoms with Gasteiger partial charge in [-0.15, -0.1) is 0 Å². The molecule has 0 aromatic heterocycles. The lowest BCUT2D eigenvalue weighted by atomic mass is 9.87. The summed E-state index contributed by atoms with van der Waals surface area (Å²) in [5.41, 5.74) is 0.145. The van der Waals surface area contributed by atoms with Gasteiger partial charge in [0.05, 0.1) is 12.6 Å². The predicted octanol–water partition coefficient (Wildman–Crippen LogP) is 3.24. The molecule has 0 aromatic carbocycles. The van der Waals surface area contributed by atoms with Crippen molar-refractivity contribution in [1.29, 1.82) is 0 Å². The standard InChI is InChI=1S/C17H36N2O2Si/c1-13(16(2,3)4)19-11-14(10-18-15(20)12-19)21-22(8,9)17(5,6)7/h13-14H,10-12H2,1-9H3,(H,18,20)/t13?,14-/m0/s1. The van der Waals surface area contributed by atoms with Crippen LogP contribution in [0.25, 0.3) is 0 Å². The van der Waals surface area contributed by atoms with Crippen molar-refractivity contribution in [3.05, 3.63) is 0 Å². The fourth-order valence-corrected chi connectivity index (χ4v) is 3.72. The summed E-state index contributed by atoms with van der Waals surface area (Å²) in [6.45, 7) is 22.1. The molecule has 4 nitrogen and oxygen atoms in total. The minimum Gasteiger partial charge on any atom is -0.411 e. The van der Waals surface area contributed by atoms with Crippen molar-refractivity contribution >= 4 is 14.2 Å². The maximum Gasteiger partial charge on any atom is 0.234 e. The van der Waals surface area contributed by atoms with E-state index in [1.54, 1.807) is 0 Å². The minimum absolute atomic E-state index is 0.0807. The molecule has 1 fully saturated rings. The van der Waals surface area contributed by atoms with Gasteiger partial charge in [-0.2, -0.15) is 0 Å². The lowest BCUT2D eigenvalue weighted by molar-refractivity contribution is -0.122. The zero-order valence-electron chi connectivity index (χ0n) is 16.0. The van der Waals surface area contributed by atoms with Gasteiger partial charge in [0.15, 0.2) is 8.32 Å². The van der Waals surface area contributed by atoms with Gasteiger partial charge in [-0.3, -0.25) is 9.69 Å². The molecule has 130 valence electrons. The van der Waals surface area contributed by atoms with Gasteiger partial charge in [0.1, 0.15) is 0 Å². The summed E-state index contributed by atoms with van der Waals surface area (Å²) in [7, 11) is -1.82. The Bertz CT molecular complexity index is 396. The second-order valence-electron chi connectivity index (χ2n) is 9.28. The van der Waals surface area contributed by atoms with E-state index >= 15 is 0 Å². The van der Waals surface area contributed by atoms with Crippen molar-refractivity contribution in [2.24, 2.45) is 5.41 Å². The summed E-state index contributed by atoms with van der Waals surface area (Å²) >= 11 is 0. The van der Waals surface area contributed by atoms with Crippen molar-refractivity contribution in [3.8, 4) is 0 Å². The fourth-order valence-electron chi connectivity index (χ4n) is 2.37. The van der Waals surface area contributed by atoms with Gasteiger partial charge < -0.3 is 9.74 Å². The van der Waals surface area contributed by atoms with E-state index < -0.39 is 8.32 Å². The van der Waals surface area contributed by atoms with Gasteiger partial charge in [0, 0.05) is 19.1 Å². The SMILES string of the molecule is CC(N1CC(=O)NC[C@H](O[Si](C)(C)C(C)(C)C)C1)C(C)(C)C.